The number of aromatic nitrogens is 2. The Morgan fingerprint density at radius 2 is 2.33 bits per heavy atom. The van der Waals surface area contributed by atoms with Crippen LogP contribution in [0.4, 0.5) is 0 Å². The first-order valence-electron chi connectivity index (χ1n) is 7.96. The van der Waals surface area contributed by atoms with E-state index < -0.39 is 0 Å². The number of rotatable bonds is 1. The standard InChI is InChI=1S/C16H21N3OS/c1-10-4-5-12-13(7-10)21-15-14(12)16(20)19(9-18-15)11-3-2-6-17-8-11/h9-11,17H,2-8H2,1H3/t10-,11-/m0/s1. The molecule has 21 heavy (non-hydrogen) atoms. The van der Waals surface area contributed by atoms with E-state index in [-0.39, 0.29) is 11.6 Å². The van der Waals surface area contributed by atoms with Crippen LogP contribution in [0.15, 0.2) is 11.1 Å². The first-order valence-corrected chi connectivity index (χ1v) is 8.78. The fourth-order valence-corrected chi connectivity index (χ4v) is 5.02. The lowest BCUT2D eigenvalue weighted by molar-refractivity contribution is 0.363. The van der Waals surface area contributed by atoms with Crippen molar-refractivity contribution >= 4 is 21.6 Å². The fraction of sp³-hybridized carbons (Fsp3) is 0.625. The summed E-state index contributed by atoms with van der Waals surface area (Å²) in [4.78, 5) is 19.9. The van der Waals surface area contributed by atoms with Gasteiger partial charge in [0.25, 0.3) is 5.56 Å². The van der Waals surface area contributed by atoms with E-state index in [2.05, 4.69) is 17.2 Å². The van der Waals surface area contributed by atoms with E-state index in [4.69, 9.17) is 0 Å². The molecular formula is C16H21N3OS. The number of fused-ring (bicyclic) bond motifs is 3. The van der Waals surface area contributed by atoms with Gasteiger partial charge in [0, 0.05) is 11.4 Å². The molecule has 0 radical (unpaired) electrons. The van der Waals surface area contributed by atoms with Gasteiger partial charge in [0.05, 0.1) is 17.8 Å². The van der Waals surface area contributed by atoms with E-state index in [9.17, 15) is 4.79 Å². The fourth-order valence-electron chi connectivity index (χ4n) is 3.67. The van der Waals surface area contributed by atoms with Crippen LogP contribution in [0.25, 0.3) is 10.2 Å². The molecule has 1 saturated heterocycles. The van der Waals surface area contributed by atoms with Gasteiger partial charge in [-0.05, 0) is 50.1 Å². The van der Waals surface area contributed by atoms with Crippen LogP contribution in [0, 0.1) is 5.92 Å². The second-order valence-corrected chi connectivity index (χ2v) is 7.57. The van der Waals surface area contributed by atoms with Crippen molar-refractivity contribution in [2.45, 2.75) is 45.1 Å². The molecule has 0 unspecified atom stereocenters. The zero-order chi connectivity index (χ0) is 14.4. The van der Waals surface area contributed by atoms with Gasteiger partial charge in [-0.2, -0.15) is 0 Å². The number of piperidine rings is 1. The second kappa shape index (κ2) is 5.21. The van der Waals surface area contributed by atoms with Crippen LogP contribution in [-0.2, 0) is 12.8 Å². The van der Waals surface area contributed by atoms with Crippen molar-refractivity contribution in [3.05, 3.63) is 27.1 Å². The van der Waals surface area contributed by atoms with Gasteiger partial charge in [-0.25, -0.2) is 4.98 Å². The van der Waals surface area contributed by atoms with Crippen molar-refractivity contribution < 1.29 is 0 Å². The lowest BCUT2D eigenvalue weighted by Crippen LogP contribution is -2.36. The predicted molar refractivity (Wildman–Crippen MR) is 86.2 cm³/mol. The highest BCUT2D eigenvalue weighted by molar-refractivity contribution is 7.18. The van der Waals surface area contributed by atoms with E-state index in [1.54, 1.807) is 17.7 Å². The summed E-state index contributed by atoms with van der Waals surface area (Å²) < 4.78 is 1.87. The SMILES string of the molecule is C[C@H]1CCc2c(sc3ncn([C@H]4CCCNC4)c(=O)c23)C1. The molecule has 3 heterocycles. The van der Waals surface area contributed by atoms with Crippen LogP contribution in [0.2, 0.25) is 0 Å². The minimum absolute atomic E-state index is 0.181. The van der Waals surface area contributed by atoms with Crippen molar-refractivity contribution in [3.8, 4) is 0 Å². The van der Waals surface area contributed by atoms with Gasteiger partial charge in [-0.15, -0.1) is 11.3 Å². The van der Waals surface area contributed by atoms with Gasteiger partial charge < -0.3 is 5.32 Å². The summed E-state index contributed by atoms with van der Waals surface area (Å²) in [7, 11) is 0. The number of hydrogen-bond acceptors (Lipinski definition) is 4. The number of hydrogen-bond donors (Lipinski definition) is 1. The molecule has 0 bridgehead atoms. The number of nitrogens with zero attached hydrogens (tertiary/aromatic N) is 2. The lowest BCUT2D eigenvalue weighted by atomic mass is 9.89. The molecule has 0 amide bonds. The van der Waals surface area contributed by atoms with E-state index in [1.165, 1.54) is 16.9 Å². The van der Waals surface area contributed by atoms with E-state index in [0.717, 1.165) is 54.9 Å². The average Bonchev–Trinajstić information content (AvgIpc) is 2.86. The molecule has 2 aromatic heterocycles. The van der Waals surface area contributed by atoms with Gasteiger partial charge in [-0.3, -0.25) is 9.36 Å². The molecule has 2 aliphatic rings. The molecule has 0 spiro atoms. The molecule has 1 aliphatic carbocycles. The summed E-state index contributed by atoms with van der Waals surface area (Å²) >= 11 is 1.73. The Morgan fingerprint density at radius 3 is 3.14 bits per heavy atom. The number of aryl methyl sites for hydroxylation is 1. The molecule has 1 aliphatic heterocycles. The molecule has 4 rings (SSSR count). The predicted octanol–water partition coefficient (Wildman–Crippen LogP) is 2.51. The average molecular weight is 303 g/mol. The van der Waals surface area contributed by atoms with Gasteiger partial charge in [-0.1, -0.05) is 6.92 Å². The third-order valence-electron chi connectivity index (χ3n) is 4.91. The Hall–Kier alpha value is -1.20. The van der Waals surface area contributed by atoms with Crippen LogP contribution in [0.5, 0.6) is 0 Å². The van der Waals surface area contributed by atoms with Gasteiger partial charge in [0.2, 0.25) is 0 Å². The van der Waals surface area contributed by atoms with Crippen molar-refractivity contribution in [2.75, 3.05) is 13.1 Å². The van der Waals surface area contributed by atoms with Gasteiger partial charge in [0.15, 0.2) is 0 Å². The molecule has 1 N–H and O–H groups in total. The quantitative estimate of drug-likeness (QED) is 0.880. The minimum atomic E-state index is 0.181. The second-order valence-electron chi connectivity index (χ2n) is 6.49. The smallest absolute Gasteiger partial charge is 0.262 e. The maximum Gasteiger partial charge on any atom is 0.262 e. The highest BCUT2D eigenvalue weighted by Gasteiger charge is 2.24. The topological polar surface area (TPSA) is 46.9 Å². The summed E-state index contributed by atoms with van der Waals surface area (Å²) in [6.45, 7) is 4.25. The molecule has 0 aromatic carbocycles. The highest BCUT2D eigenvalue weighted by atomic mass is 32.1. The third-order valence-corrected chi connectivity index (χ3v) is 6.07. The summed E-state index contributed by atoms with van der Waals surface area (Å²) in [6, 6.07) is 0.265. The molecule has 1 fully saturated rings. The molecule has 5 heteroatoms. The molecule has 0 saturated carbocycles. The van der Waals surface area contributed by atoms with Gasteiger partial charge >= 0.3 is 0 Å². The Labute approximate surface area is 128 Å². The maximum absolute atomic E-state index is 12.9. The van der Waals surface area contributed by atoms with Gasteiger partial charge in [0.1, 0.15) is 4.83 Å². The van der Waals surface area contributed by atoms with E-state index >= 15 is 0 Å². The molecule has 2 atom stereocenters. The Kier molecular flexibility index (Phi) is 3.34. The summed E-state index contributed by atoms with van der Waals surface area (Å²) in [5, 5.41) is 4.30. The van der Waals surface area contributed by atoms with E-state index in [1.807, 2.05) is 4.57 Å². The van der Waals surface area contributed by atoms with Crippen LogP contribution < -0.4 is 10.9 Å². The molecular weight excluding hydrogens is 282 g/mol. The molecule has 4 nitrogen and oxygen atoms in total. The summed E-state index contributed by atoms with van der Waals surface area (Å²) in [6.07, 6.45) is 7.32. The Morgan fingerprint density at radius 1 is 1.43 bits per heavy atom. The minimum Gasteiger partial charge on any atom is -0.315 e. The van der Waals surface area contributed by atoms with Crippen molar-refractivity contribution in [1.82, 2.24) is 14.9 Å². The Balaban J connectivity index is 1.84. The van der Waals surface area contributed by atoms with Crippen LogP contribution >= 0.6 is 11.3 Å². The Bertz CT molecular complexity index is 727. The lowest BCUT2D eigenvalue weighted by Gasteiger charge is -2.24. The van der Waals surface area contributed by atoms with Crippen molar-refractivity contribution in [3.63, 3.8) is 0 Å². The van der Waals surface area contributed by atoms with Crippen LogP contribution in [0.3, 0.4) is 0 Å². The first-order chi connectivity index (χ1) is 10.2. The van der Waals surface area contributed by atoms with E-state index in [0.29, 0.717) is 0 Å². The monoisotopic (exact) mass is 303 g/mol. The molecule has 112 valence electrons. The first kappa shape index (κ1) is 13.5. The molecule has 2 aromatic rings. The van der Waals surface area contributed by atoms with Crippen LogP contribution in [-0.4, -0.2) is 22.6 Å². The number of nitrogens with one attached hydrogen (secondary N) is 1. The maximum atomic E-state index is 12.9. The highest BCUT2D eigenvalue weighted by Crippen LogP contribution is 2.35. The zero-order valence-electron chi connectivity index (χ0n) is 12.4. The largest absolute Gasteiger partial charge is 0.315 e. The normalized spacial score (nSPS) is 26.0. The number of thiophene rings is 1. The third kappa shape index (κ3) is 2.23. The zero-order valence-corrected chi connectivity index (χ0v) is 13.2. The summed E-state index contributed by atoms with van der Waals surface area (Å²) in [5.41, 5.74) is 1.48. The van der Waals surface area contributed by atoms with Crippen molar-refractivity contribution in [2.24, 2.45) is 5.92 Å². The van der Waals surface area contributed by atoms with Crippen molar-refractivity contribution in [1.29, 1.82) is 0 Å². The summed E-state index contributed by atoms with van der Waals surface area (Å²) in [5.74, 6) is 0.732. The van der Waals surface area contributed by atoms with Crippen LogP contribution in [0.1, 0.15) is 42.7 Å².